The van der Waals surface area contributed by atoms with Gasteiger partial charge in [-0.2, -0.15) is 0 Å². The van der Waals surface area contributed by atoms with Gasteiger partial charge in [0.05, 0.1) is 6.61 Å². The van der Waals surface area contributed by atoms with Crippen LogP contribution < -0.4 is 4.90 Å². The number of amides is 1. The summed E-state index contributed by atoms with van der Waals surface area (Å²) in [6.45, 7) is 6.96. The summed E-state index contributed by atoms with van der Waals surface area (Å²) >= 11 is 0. The first kappa shape index (κ1) is 19.1. The van der Waals surface area contributed by atoms with Gasteiger partial charge in [-0.25, -0.2) is 4.39 Å². The minimum absolute atomic E-state index is 0.158. The minimum atomic E-state index is -0.211. The average molecular weight is 363 g/mol. The maximum Gasteiger partial charge on any atom is 0.225 e. The molecule has 6 heteroatoms. The molecule has 2 aliphatic rings. The fourth-order valence-electron chi connectivity index (χ4n) is 3.93. The predicted octanol–water partition coefficient (Wildman–Crippen LogP) is 2.22. The zero-order valence-corrected chi connectivity index (χ0v) is 15.7. The van der Waals surface area contributed by atoms with Crippen molar-refractivity contribution in [2.24, 2.45) is 5.92 Å². The highest BCUT2D eigenvalue weighted by Gasteiger charge is 2.29. The van der Waals surface area contributed by atoms with Crippen LogP contribution in [-0.2, 0) is 9.53 Å². The molecule has 0 spiro atoms. The zero-order chi connectivity index (χ0) is 18.4. The third-order valence-corrected chi connectivity index (χ3v) is 5.55. The number of likely N-dealkylation sites (tertiary alicyclic amines) is 1. The fourth-order valence-corrected chi connectivity index (χ4v) is 3.93. The molecular weight excluding hydrogens is 333 g/mol. The molecule has 26 heavy (non-hydrogen) atoms. The van der Waals surface area contributed by atoms with Gasteiger partial charge in [0.1, 0.15) is 5.82 Å². The standard InChI is InChI=1S/C20H30FN3O2/c1-26-16-15-22-11-7-17(8-12-22)20(25)24-10-2-9-23(13-14-24)19-5-3-18(21)4-6-19/h3-6,17H,2,7-16H2,1H3. The molecule has 0 aliphatic carbocycles. The Bertz CT molecular complexity index is 573. The Morgan fingerprint density at radius 2 is 1.81 bits per heavy atom. The van der Waals surface area contributed by atoms with Crippen molar-refractivity contribution in [1.29, 1.82) is 0 Å². The molecule has 2 fully saturated rings. The number of nitrogens with zero attached hydrogens (tertiary/aromatic N) is 3. The summed E-state index contributed by atoms with van der Waals surface area (Å²) in [7, 11) is 1.73. The van der Waals surface area contributed by atoms with Crippen LogP contribution in [0.25, 0.3) is 0 Å². The summed E-state index contributed by atoms with van der Waals surface area (Å²) < 4.78 is 18.3. The van der Waals surface area contributed by atoms with E-state index in [1.54, 1.807) is 7.11 Å². The van der Waals surface area contributed by atoms with Gasteiger partial charge >= 0.3 is 0 Å². The van der Waals surface area contributed by atoms with E-state index in [1.807, 2.05) is 17.0 Å². The number of rotatable bonds is 5. The van der Waals surface area contributed by atoms with Crippen LogP contribution in [0.2, 0.25) is 0 Å². The highest BCUT2D eigenvalue weighted by atomic mass is 19.1. The van der Waals surface area contributed by atoms with Crippen LogP contribution in [0.3, 0.4) is 0 Å². The van der Waals surface area contributed by atoms with Crippen molar-refractivity contribution in [3.63, 3.8) is 0 Å². The molecule has 0 radical (unpaired) electrons. The van der Waals surface area contributed by atoms with Crippen molar-refractivity contribution in [2.75, 3.05) is 64.4 Å². The minimum Gasteiger partial charge on any atom is -0.383 e. The second-order valence-corrected chi connectivity index (χ2v) is 7.25. The molecule has 1 amide bonds. The number of carbonyl (C=O) groups excluding carboxylic acids is 1. The van der Waals surface area contributed by atoms with Crippen LogP contribution in [0.15, 0.2) is 24.3 Å². The zero-order valence-electron chi connectivity index (χ0n) is 15.7. The van der Waals surface area contributed by atoms with Crippen molar-refractivity contribution in [3.05, 3.63) is 30.1 Å². The Kier molecular flexibility index (Phi) is 6.86. The molecule has 0 saturated carbocycles. The lowest BCUT2D eigenvalue weighted by Crippen LogP contribution is -2.44. The number of methoxy groups -OCH3 is 1. The van der Waals surface area contributed by atoms with Gasteiger partial charge in [0.2, 0.25) is 5.91 Å². The summed E-state index contributed by atoms with van der Waals surface area (Å²) in [6, 6.07) is 6.64. The van der Waals surface area contributed by atoms with Crippen LogP contribution in [-0.4, -0.2) is 75.2 Å². The number of hydrogen-bond donors (Lipinski definition) is 0. The van der Waals surface area contributed by atoms with E-state index >= 15 is 0 Å². The maximum absolute atomic E-state index is 13.1. The second-order valence-electron chi connectivity index (χ2n) is 7.25. The molecular formula is C20H30FN3O2. The van der Waals surface area contributed by atoms with E-state index in [2.05, 4.69) is 9.80 Å². The van der Waals surface area contributed by atoms with E-state index in [9.17, 15) is 9.18 Å². The first-order chi connectivity index (χ1) is 12.7. The SMILES string of the molecule is COCCN1CCC(C(=O)N2CCCN(c3ccc(F)cc3)CC2)CC1. The number of anilines is 1. The molecule has 0 bridgehead atoms. The fraction of sp³-hybridized carbons (Fsp3) is 0.650. The van der Waals surface area contributed by atoms with Crippen LogP contribution in [0.1, 0.15) is 19.3 Å². The Morgan fingerprint density at radius 3 is 2.50 bits per heavy atom. The van der Waals surface area contributed by atoms with Gasteiger partial charge < -0.3 is 19.4 Å². The second kappa shape index (κ2) is 9.33. The topological polar surface area (TPSA) is 36.0 Å². The molecule has 0 atom stereocenters. The lowest BCUT2D eigenvalue weighted by atomic mass is 9.95. The largest absolute Gasteiger partial charge is 0.383 e. The highest BCUT2D eigenvalue weighted by Crippen LogP contribution is 2.22. The molecule has 0 unspecified atom stereocenters. The van der Waals surface area contributed by atoms with Gasteiger partial charge in [0.15, 0.2) is 0 Å². The molecule has 0 N–H and O–H groups in total. The Balaban J connectivity index is 1.49. The predicted molar refractivity (Wildman–Crippen MR) is 101 cm³/mol. The third-order valence-electron chi connectivity index (χ3n) is 5.55. The number of piperidine rings is 1. The smallest absolute Gasteiger partial charge is 0.225 e. The third kappa shape index (κ3) is 4.95. The number of benzene rings is 1. The van der Waals surface area contributed by atoms with E-state index in [-0.39, 0.29) is 11.7 Å². The van der Waals surface area contributed by atoms with Crippen LogP contribution >= 0.6 is 0 Å². The van der Waals surface area contributed by atoms with Gasteiger partial charge in [-0.15, -0.1) is 0 Å². The first-order valence-electron chi connectivity index (χ1n) is 9.68. The maximum atomic E-state index is 13.1. The lowest BCUT2D eigenvalue weighted by molar-refractivity contribution is -0.136. The van der Waals surface area contributed by atoms with E-state index < -0.39 is 0 Å². The number of carbonyl (C=O) groups is 1. The van der Waals surface area contributed by atoms with Crippen LogP contribution in [0.4, 0.5) is 10.1 Å². The van der Waals surface area contributed by atoms with Gasteiger partial charge in [-0.1, -0.05) is 0 Å². The van der Waals surface area contributed by atoms with Gasteiger partial charge in [0.25, 0.3) is 0 Å². The number of ether oxygens (including phenoxy) is 1. The molecule has 5 nitrogen and oxygen atoms in total. The molecule has 0 aromatic heterocycles. The summed E-state index contributed by atoms with van der Waals surface area (Å²) in [5, 5.41) is 0. The summed E-state index contributed by atoms with van der Waals surface area (Å²) in [4.78, 5) is 19.6. The van der Waals surface area contributed by atoms with Gasteiger partial charge in [0, 0.05) is 51.4 Å². The molecule has 1 aromatic rings. The van der Waals surface area contributed by atoms with Crippen molar-refractivity contribution in [2.45, 2.75) is 19.3 Å². The molecule has 2 heterocycles. The number of halogens is 1. The molecule has 1 aromatic carbocycles. The highest BCUT2D eigenvalue weighted by molar-refractivity contribution is 5.79. The Morgan fingerprint density at radius 1 is 1.08 bits per heavy atom. The Labute approximate surface area is 155 Å². The van der Waals surface area contributed by atoms with Crippen LogP contribution in [0.5, 0.6) is 0 Å². The normalized spacial score (nSPS) is 20.2. The molecule has 144 valence electrons. The number of hydrogen-bond acceptors (Lipinski definition) is 4. The van der Waals surface area contributed by atoms with Crippen molar-refractivity contribution in [3.8, 4) is 0 Å². The monoisotopic (exact) mass is 363 g/mol. The van der Waals surface area contributed by atoms with E-state index in [0.717, 1.165) is 77.4 Å². The molecule has 2 saturated heterocycles. The summed E-state index contributed by atoms with van der Waals surface area (Å²) in [6.07, 6.45) is 2.84. The van der Waals surface area contributed by atoms with Crippen molar-refractivity contribution >= 4 is 11.6 Å². The quantitative estimate of drug-likeness (QED) is 0.804. The van der Waals surface area contributed by atoms with E-state index in [0.29, 0.717) is 5.91 Å². The van der Waals surface area contributed by atoms with E-state index in [4.69, 9.17) is 4.74 Å². The molecule has 2 aliphatic heterocycles. The van der Waals surface area contributed by atoms with Crippen LogP contribution in [0, 0.1) is 11.7 Å². The first-order valence-corrected chi connectivity index (χ1v) is 9.68. The summed E-state index contributed by atoms with van der Waals surface area (Å²) in [5.41, 5.74) is 1.03. The van der Waals surface area contributed by atoms with Gasteiger partial charge in [-0.3, -0.25) is 4.79 Å². The van der Waals surface area contributed by atoms with E-state index in [1.165, 1.54) is 12.1 Å². The summed E-state index contributed by atoms with van der Waals surface area (Å²) in [5.74, 6) is 0.265. The molecule has 3 rings (SSSR count). The van der Waals surface area contributed by atoms with Crippen molar-refractivity contribution < 1.29 is 13.9 Å². The Hall–Kier alpha value is -1.66. The lowest BCUT2D eigenvalue weighted by Gasteiger charge is -2.33. The van der Waals surface area contributed by atoms with Gasteiger partial charge in [-0.05, 0) is 56.6 Å². The average Bonchev–Trinajstić information content (AvgIpc) is 2.93. The van der Waals surface area contributed by atoms with Crippen molar-refractivity contribution in [1.82, 2.24) is 9.80 Å².